The van der Waals surface area contributed by atoms with Crippen molar-refractivity contribution in [1.82, 2.24) is 5.32 Å². The van der Waals surface area contributed by atoms with E-state index in [0.29, 0.717) is 18.1 Å². The summed E-state index contributed by atoms with van der Waals surface area (Å²) in [5.41, 5.74) is 7.49. The fourth-order valence-electron chi connectivity index (χ4n) is 2.53. The zero-order chi connectivity index (χ0) is 11.4. The first-order valence-electron chi connectivity index (χ1n) is 6.34. The zero-order valence-corrected chi connectivity index (χ0v) is 10.0. The van der Waals surface area contributed by atoms with E-state index < -0.39 is 0 Å². The molecule has 0 aliphatic heterocycles. The molecule has 1 aromatic rings. The van der Waals surface area contributed by atoms with Crippen molar-refractivity contribution in [3.8, 4) is 0 Å². The third kappa shape index (κ3) is 2.83. The Kier molecular flexibility index (Phi) is 3.97. The minimum absolute atomic E-state index is 0.333. The Bertz CT molecular complexity index is 310. The van der Waals surface area contributed by atoms with Crippen molar-refractivity contribution in [1.29, 1.82) is 0 Å². The highest BCUT2D eigenvalue weighted by molar-refractivity contribution is 5.18. The van der Waals surface area contributed by atoms with Gasteiger partial charge in [0.05, 0.1) is 0 Å². The van der Waals surface area contributed by atoms with Crippen molar-refractivity contribution in [2.75, 3.05) is 0 Å². The number of benzene rings is 1. The standard InChI is InChI=1S/C14H22N2/c1-11(12-7-3-2-4-8-12)16-14-10-6-5-9-13(14)15/h2-4,7-8,11,13-14,16H,5-6,9-10,15H2,1H3/t11-,13-,14-/m0/s1. The first-order valence-corrected chi connectivity index (χ1v) is 6.34. The maximum Gasteiger partial charge on any atom is 0.0294 e. The van der Waals surface area contributed by atoms with Crippen LogP contribution in [0, 0.1) is 0 Å². The number of rotatable bonds is 3. The molecular formula is C14H22N2. The maximum atomic E-state index is 6.14. The van der Waals surface area contributed by atoms with Crippen LogP contribution in [0.2, 0.25) is 0 Å². The molecule has 1 aliphatic rings. The van der Waals surface area contributed by atoms with E-state index in [1.165, 1.54) is 31.2 Å². The lowest BCUT2D eigenvalue weighted by atomic mass is 9.90. The molecule has 0 unspecified atom stereocenters. The normalized spacial score (nSPS) is 27.6. The Labute approximate surface area is 98.2 Å². The van der Waals surface area contributed by atoms with Gasteiger partial charge in [0.25, 0.3) is 0 Å². The lowest BCUT2D eigenvalue weighted by molar-refractivity contribution is 0.307. The zero-order valence-electron chi connectivity index (χ0n) is 10.0. The van der Waals surface area contributed by atoms with E-state index in [9.17, 15) is 0 Å². The van der Waals surface area contributed by atoms with Gasteiger partial charge >= 0.3 is 0 Å². The minimum Gasteiger partial charge on any atom is -0.326 e. The van der Waals surface area contributed by atoms with E-state index in [-0.39, 0.29) is 0 Å². The average molecular weight is 218 g/mol. The van der Waals surface area contributed by atoms with Gasteiger partial charge in [-0.15, -0.1) is 0 Å². The topological polar surface area (TPSA) is 38.0 Å². The fourth-order valence-corrected chi connectivity index (χ4v) is 2.53. The van der Waals surface area contributed by atoms with Crippen LogP contribution < -0.4 is 11.1 Å². The van der Waals surface area contributed by atoms with Gasteiger partial charge in [-0.25, -0.2) is 0 Å². The predicted octanol–water partition coefficient (Wildman–Crippen LogP) is 2.61. The van der Waals surface area contributed by atoms with Gasteiger partial charge in [0.2, 0.25) is 0 Å². The Morgan fingerprint density at radius 2 is 1.88 bits per heavy atom. The third-order valence-corrected chi connectivity index (χ3v) is 3.58. The van der Waals surface area contributed by atoms with Crippen molar-refractivity contribution in [2.45, 2.75) is 50.7 Å². The molecule has 3 atom stereocenters. The molecule has 0 spiro atoms. The second kappa shape index (κ2) is 5.46. The van der Waals surface area contributed by atoms with Gasteiger partial charge in [0, 0.05) is 18.1 Å². The monoisotopic (exact) mass is 218 g/mol. The Morgan fingerprint density at radius 3 is 2.56 bits per heavy atom. The van der Waals surface area contributed by atoms with Gasteiger partial charge in [0.1, 0.15) is 0 Å². The van der Waals surface area contributed by atoms with Crippen LogP contribution in [0.1, 0.15) is 44.2 Å². The summed E-state index contributed by atoms with van der Waals surface area (Å²) in [7, 11) is 0. The largest absolute Gasteiger partial charge is 0.326 e. The number of nitrogens with one attached hydrogen (secondary N) is 1. The molecule has 1 saturated carbocycles. The molecule has 2 nitrogen and oxygen atoms in total. The smallest absolute Gasteiger partial charge is 0.0294 e. The van der Waals surface area contributed by atoms with Gasteiger partial charge < -0.3 is 11.1 Å². The van der Waals surface area contributed by atoms with Gasteiger partial charge in [-0.3, -0.25) is 0 Å². The first kappa shape index (κ1) is 11.6. The van der Waals surface area contributed by atoms with Crippen molar-refractivity contribution < 1.29 is 0 Å². The second-order valence-corrected chi connectivity index (χ2v) is 4.85. The molecule has 1 aromatic carbocycles. The first-order chi connectivity index (χ1) is 7.77. The van der Waals surface area contributed by atoms with E-state index in [2.05, 4.69) is 42.6 Å². The number of nitrogens with two attached hydrogens (primary N) is 1. The average Bonchev–Trinajstić information content (AvgIpc) is 2.33. The highest BCUT2D eigenvalue weighted by Crippen LogP contribution is 2.20. The Morgan fingerprint density at radius 1 is 1.19 bits per heavy atom. The van der Waals surface area contributed by atoms with E-state index in [1.807, 2.05) is 0 Å². The summed E-state index contributed by atoms with van der Waals surface area (Å²) in [6.07, 6.45) is 4.99. The van der Waals surface area contributed by atoms with Crippen molar-refractivity contribution in [3.05, 3.63) is 35.9 Å². The van der Waals surface area contributed by atoms with Crippen LogP contribution in [0.25, 0.3) is 0 Å². The molecule has 0 radical (unpaired) electrons. The summed E-state index contributed by atoms with van der Waals surface area (Å²) >= 11 is 0. The molecule has 0 amide bonds. The summed E-state index contributed by atoms with van der Waals surface area (Å²) in [6.45, 7) is 2.22. The number of hydrogen-bond acceptors (Lipinski definition) is 2. The molecule has 3 N–H and O–H groups in total. The second-order valence-electron chi connectivity index (χ2n) is 4.85. The highest BCUT2D eigenvalue weighted by atomic mass is 15.0. The molecule has 0 aromatic heterocycles. The summed E-state index contributed by atoms with van der Waals surface area (Å²) in [4.78, 5) is 0. The lowest BCUT2D eigenvalue weighted by Crippen LogP contribution is -2.47. The fraction of sp³-hybridized carbons (Fsp3) is 0.571. The molecular weight excluding hydrogens is 196 g/mol. The summed E-state index contributed by atoms with van der Waals surface area (Å²) in [5, 5.41) is 3.66. The summed E-state index contributed by atoms with van der Waals surface area (Å²) < 4.78 is 0. The highest BCUT2D eigenvalue weighted by Gasteiger charge is 2.22. The van der Waals surface area contributed by atoms with Crippen LogP contribution in [0.3, 0.4) is 0 Å². The molecule has 16 heavy (non-hydrogen) atoms. The van der Waals surface area contributed by atoms with Gasteiger partial charge in [0.15, 0.2) is 0 Å². The van der Waals surface area contributed by atoms with E-state index in [4.69, 9.17) is 5.73 Å². The molecule has 88 valence electrons. The summed E-state index contributed by atoms with van der Waals surface area (Å²) in [5.74, 6) is 0. The Balaban J connectivity index is 1.94. The molecule has 1 fully saturated rings. The van der Waals surface area contributed by atoms with E-state index in [1.54, 1.807) is 0 Å². The predicted molar refractivity (Wildman–Crippen MR) is 68.2 cm³/mol. The van der Waals surface area contributed by atoms with Crippen molar-refractivity contribution >= 4 is 0 Å². The van der Waals surface area contributed by atoms with Crippen LogP contribution in [0.5, 0.6) is 0 Å². The molecule has 1 aliphatic carbocycles. The Hall–Kier alpha value is -0.860. The van der Waals surface area contributed by atoms with Gasteiger partial charge in [-0.1, -0.05) is 43.2 Å². The van der Waals surface area contributed by atoms with E-state index in [0.717, 1.165) is 0 Å². The molecule has 2 heteroatoms. The lowest BCUT2D eigenvalue weighted by Gasteiger charge is -2.32. The SMILES string of the molecule is C[C@H](N[C@H]1CCCC[C@@H]1N)c1ccccc1. The van der Waals surface area contributed by atoms with Gasteiger partial charge in [-0.05, 0) is 25.3 Å². The summed E-state index contributed by atoms with van der Waals surface area (Å²) in [6, 6.07) is 11.8. The van der Waals surface area contributed by atoms with Crippen molar-refractivity contribution in [3.63, 3.8) is 0 Å². The number of hydrogen-bond donors (Lipinski definition) is 2. The van der Waals surface area contributed by atoms with Crippen LogP contribution in [-0.2, 0) is 0 Å². The molecule has 0 saturated heterocycles. The third-order valence-electron chi connectivity index (χ3n) is 3.58. The molecule has 0 bridgehead atoms. The van der Waals surface area contributed by atoms with Crippen molar-refractivity contribution in [2.24, 2.45) is 5.73 Å². The van der Waals surface area contributed by atoms with E-state index >= 15 is 0 Å². The van der Waals surface area contributed by atoms with Gasteiger partial charge in [-0.2, -0.15) is 0 Å². The molecule has 0 heterocycles. The van der Waals surface area contributed by atoms with Crippen LogP contribution >= 0.6 is 0 Å². The maximum absolute atomic E-state index is 6.14. The quantitative estimate of drug-likeness (QED) is 0.818. The van der Waals surface area contributed by atoms with Crippen LogP contribution in [0.4, 0.5) is 0 Å². The van der Waals surface area contributed by atoms with Crippen LogP contribution in [-0.4, -0.2) is 12.1 Å². The van der Waals surface area contributed by atoms with Crippen LogP contribution in [0.15, 0.2) is 30.3 Å². The molecule has 2 rings (SSSR count). The minimum atomic E-state index is 0.333.